The number of aromatic nitrogens is 2. The molecule has 8 nitrogen and oxygen atoms in total. The lowest BCUT2D eigenvalue weighted by molar-refractivity contribution is -0.383. The number of ketones is 2. The van der Waals surface area contributed by atoms with E-state index in [1.54, 1.807) is 41.5 Å². The Morgan fingerprint density at radius 3 is 2.25 bits per heavy atom. The minimum absolute atomic E-state index is 0.141. The first kappa shape index (κ1) is 19.9. The number of rotatable bonds is 2. The van der Waals surface area contributed by atoms with Gasteiger partial charge in [-0.05, 0) is 19.9 Å². The first-order valence-corrected chi connectivity index (χ1v) is 9.02. The minimum Gasteiger partial charge on any atom is -0.299 e. The molecule has 3 rings (SSSR count). The van der Waals surface area contributed by atoms with Gasteiger partial charge in [0.1, 0.15) is 22.5 Å². The number of aryl methyl sites for hydroxylation is 1. The van der Waals surface area contributed by atoms with Crippen LogP contribution in [-0.4, -0.2) is 26.0 Å². The number of carbonyl (C=O) groups excluding carboxylic acids is 2. The Balaban J connectivity index is 2.48. The van der Waals surface area contributed by atoms with Gasteiger partial charge < -0.3 is 0 Å². The average Bonchev–Trinajstić information content (AvgIpc) is 2.59. The summed E-state index contributed by atoms with van der Waals surface area (Å²) in [5.41, 5.74) is -4.03. The van der Waals surface area contributed by atoms with E-state index in [-0.39, 0.29) is 34.6 Å². The van der Waals surface area contributed by atoms with Gasteiger partial charge in [0.15, 0.2) is 5.78 Å². The van der Waals surface area contributed by atoms with Crippen molar-refractivity contribution in [1.29, 1.82) is 0 Å². The zero-order valence-electron chi connectivity index (χ0n) is 16.8. The van der Waals surface area contributed by atoms with Crippen molar-refractivity contribution in [2.24, 2.45) is 10.8 Å². The van der Waals surface area contributed by atoms with Crippen LogP contribution in [0.15, 0.2) is 23.0 Å². The van der Waals surface area contributed by atoms with Crippen molar-refractivity contribution >= 4 is 28.2 Å². The monoisotopic (exact) mass is 385 g/mol. The summed E-state index contributed by atoms with van der Waals surface area (Å²) in [6.07, 6.45) is -0.298. The Morgan fingerprint density at radius 2 is 1.68 bits per heavy atom. The van der Waals surface area contributed by atoms with Crippen molar-refractivity contribution in [3.63, 3.8) is 0 Å². The summed E-state index contributed by atoms with van der Waals surface area (Å²) in [6, 6.07) is 4.25. The molecule has 2 aromatic rings. The van der Waals surface area contributed by atoms with E-state index in [1.807, 2.05) is 0 Å². The Hall–Kier alpha value is -2.90. The number of benzene rings is 1. The van der Waals surface area contributed by atoms with E-state index in [0.717, 1.165) is 0 Å². The Bertz CT molecular complexity index is 1110. The molecule has 8 heteroatoms. The molecule has 0 bridgehead atoms. The molecular formula is C20H23N3O5. The molecule has 0 spiro atoms. The zero-order chi connectivity index (χ0) is 21.2. The van der Waals surface area contributed by atoms with Gasteiger partial charge in [-0.1, -0.05) is 33.8 Å². The van der Waals surface area contributed by atoms with Gasteiger partial charge in [-0.15, -0.1) is 0 Å². The largest absolute Gasteiger partial charge is 0.299 e. The van der Waals surface area contributed by atoms with Crippen molar-refractivity contribution in [1.82, 2.24) is 9.55 Å². The van der Waals surface area contributed by atoms with Crippen molar-refractivity contribution in [2.75, 3.05) is 0 Å². The minimum atomic E-state index is -1.39. The fourth-order valence-electron chi connectivity index (χ4n) is 4.25. The lowest BCUT2D eigenvalue weighted by atomic mass is 9.50. The Morgan fingerprint density at radius 1 is 1.07 bits per heavy atom. The van der Waals surface area contributed by atoms with Crippen molar-refractivity contribution in [2.45, 2.75) is 53.5 Å². The molecule has 0 aliphatic heterocycles. The summed E-state index contributed by atoms with van der Waals surface area (Å²) in [5.74, 6) is -0.316. The molecule has 1 atom stereocenters. The number of carbonyl (C=O) groups is 2. The van der Waals surface area contributed by atoms with E-state index in [0.29, 0.717) is 0 Å². The molecule has 0 N–H and O–H groups in total. The lowest BCUT2D eigenvalue weighted by Crippen LogP contribution is -2.66. The number of Topliss-reactive ketones (excluding diaryl/α,β-unsaturated/α-hetero) is 2. The number of fused-ring (bicyclic) bond motifs is 1. The second-order valence-corrected chi connectivity index (χ2v) is 8.57. The van der Waals surface area contributed by atoms with Crippen LogP contribution in [0, 0.1) is 27.9 Å². The van der Waals surface area contributed by atoms with E-state index in [4.69, 9.17) is 0 Å². The van der Waals surface area contributed by atoms with Crippen molar-refractivity contribution < 1.29 is 14.5 Å². The summed E-state index contributed by atoms with van der Waals surface area (Å²) in [6.45, 7) is 10.3. The van der Waals surface area contributed by atoms with Gasteiger partial charge in [0.05, 0.1) is 16.9 Å². The lowest BCUT2D eigenvalue weighted by Gasteiger charge is -2.55. The van der Waals surface area contributed by atoms with Gasteiger partial charge >= 0.3 is 0 Å². The van der Waals surface area contributed by atoms with Gasteiger partial charge in [-0.3, -0.25) is 29.1 Å². The molecule has 1 aliphatic carbocycles. The third kappa shape index (κ3) is 2.23. The highest BCUT2D eigenvalue weighted by Crippen LogP contribution is 2.55. The smallest absolute Gasteiger partial charge is 0.284 e. The zero-order valence-corrected chi connectivity index (χ0v) is 16.8. The molecule has 0 amide bonds. The van der Waals surface area contributed by atoms with Crippen LogP contribution in [0.5, 0.6) is 0 Å². The maximum Gasteiger partial charge on any atom is 0.284 e. The first-order chi connectivity index (χ1) is 12.8. The van der Waals surface area contributed by atoms with Crippen LogP contribution in [0.3, 0.4) is 0 Å². The highest BCUT2D eigenvalue weighted by atomic mass is 16.6. The van der Waals surface area contributed by atoms with Gasteiger partial charge in [0, 0.05) is 16.9 Å². The maximum absolute atomic E-state index is 13.5. The second-order valence-electron chi connectivity index (χ2n) is 8.57. The highest BCUT2D eigenvalue weighted by molar-refractivity contribution is 6.08. The highest BCUT2D eigenvalue weighted by Gasteiger charge is 2.63. The van der Waals surface area contributed by atoms with E-state index in [1.165, 1.54) is 22.8 Å². The van der Waals surface area contributed by atoms with Crippen LogP contribution in [0.25, 0.3) is 10.9 Å². The molecule has 1 aromatic heterocycles. The fraction of sp³-hybridized carbons (Fsp3) is 0.500. The van der Waals surface area contributed by atoms with E-state index >= 15 is 0 Å². The maximum atomic E-state index is 13.5. The molecule has 0 saturated heterocycles. The molecule has 1 aromatic carbocycles. The molecule has 0 unspecified atom stereocenters. The van der Waals surface area contributed by atoms with Crippen LogP contribution < -0.4 is 5.56 Å². The van der Waals surface area contributed by atoms with E-state index < -0.39 is 32.6 Å². The SMILES string of the molecule is Cc1nc2cccc([N+](=O)[O-])c2c(=O)n1[C@]1(C)C(=O)CC(=O)C(C)(C)C1(C)C. The molecule has 1 aliphatic rings. The fourth-order valence-corrected chi connectivity index (χ4v) is 4.25. The molecule has 1 heterocycles. The quantitative estimate of drug-likeness (QED) is 0.446. The Kier molecular flexibility index (Phi) is 4.11. The normalized spacial score (nSPS) is 23.8. The number of hydrogen-bond acceptors (Lipinski definition) is 6. The molecule has 148 valence electrons. The Labute approximate surface area is 161 Å². The van der Waals surface area contributed by atoms with Crippen LogP contribution in [0.2, 0.25) is 0 Å². The van der Waals surface area contributed by atoms with Gasteiger partial charge in [-0.25, -0.2) is 4.98 Å². The van der Waals surface area contributed by atoms with E-state index in [9.17, 15) is 24.5 Å². The van der Waals surface area contributed by atoms with Crippen LogP contribution in [0.4, 0.5) is 5.69 Å². The van der Waals surface area contributed by atoms with Crippen molar-refractivity contribution in [3.05, 3.63) is 44.5 Å². The molecule has 1 fully saturated rings. The first-order valence-electron chi connectivity index (χ1n) is 9.02. The predicted molar refractivity (Wildman–Crippen MR) is 103 cm³/mol. The third-order valence-electron chi connectivity index (χ3n) is 7.03. The average molecular weight is 385 g/mol. The summed E-state index contributed by atoms with van der Waals surface area (Å²) >= 11 is 0. The van der Waals surface area contributed by atoms with Crippen LogP contribution in [-0.2, 0) is 15.1 Å². The van der Waals surface area contributed by atoms with Crippen molar-refractivity contribution in [3.8, 4) is 0 Å². The van der Waals surface area contributed by atoms with Gasteiger partial charge in [-0.2, -0.15) is 0 Å². The second kappa shape index (κ2) is 5.80. The topological polar surface area (TPSA) is 112 Å². The summed E-state index contributed by atoms with van der Waals surface area (Å²) < 4.78 is 1.25. The van der Waals surface area contributed by atoms with E-state index in [2.05, 4.69) is 4.98 Å². The molecule has 28 heavy (non-hydrogen) atoms. The van der Waals surface area contributed by atoms with Crippen LogP contribution in [0.1, 0.15) is 46.9 Å². The number of non-ortho nitro benzene ring substituents is 1. The molecular weight excluding hydrogens is 362 g/mol. The predicted octanol–water partition coefficient (Wildman–Crippen LogP) is 2.92. The summed E-state index contributed by atoms with van der Waals surface area (Å²) in [4.78, 5) is 54.4. The molecule has 0 radical (unpaired) electrons. The van der Waals surface area contributed by atoms with Crippen LogP contribution >= 0.6 is 0 Å². The number of nitro groups is 1. The molecule has 1 saturated carbocycles. The number of hydrogen-bond donors (Lipinski definition) is 0. The summed E-state index contributed by atoms with van der Waals surface area (Å²) in [7, 11) is 0. The summed E-state index contributed by atoms with van der Waals surface area (Å²) in [5, 5.41) is 11.3. The number of nitrogens with zero attached hydrogens (tertiary/aromatic N) is 3. The van der Waals surface area contributed by atoms with Gasteiger partial charge in [0.25, 0.3) is 11.2 Å². The number of nitro benzene ring substituents is 1. The third-order valence-corrected chi connectivity index (χ3v) is 7.03. The van der Waals surface area contributed by atoms with Gasteiger partial charge in [0.2, 0.25) is 0 Å². The standard InChI is InChI=1S/C20H23N3O5/c1-11-21-12-8-7-9-13(23(27)28)16(12)17(26)22(11)20(6)15(25)10-14(24)18(2,3)19(20,4)5/h7-9H,10H2,1-6H3/t20-/m1/s1.